The van der Waals surface area contributed by atoms with Crippen LogP contribution in [-0.4, -0.2) is 67.0 Å². The first-order chi connectivity index (χ1) is 13.5. The molecule has 0 aromatic heterocycles. The second kappa shape index (κ2) is 5.54. The summed E-state index contributed by atoms with van der Waals surface area (Å²) in [5.74, 6) is 1.42. The summed E-state index contributed by atoms with van der Waals surface area (Å²) in [6.45, 7) is 3.76. The number of piperidine rings is 1. The molecule has 3 aliphatic carbocycles. The van der Waals surface area contributed by atoms with Crippen molar-refractivity contribution in [2.75, 3.05) is 27.3 Å². The molecular formula is C22H31NO5. The maximum Gasteiger partial charge on any atom is 0.206 e. The van der Waals surface area contributed by atoms with Gasteiger partial charge in [0, 0.05) is 18.4 Å². The van der Waals surface area contributed by atoms with Gasteiger partial charge in [0.25, 0.3) is 0 Å². The van der Waals surface area contributed by atoms with E-state index < -0.39 is 16.8 Å². The number of likely N-dealkylation sites (tertiary alicyclic amines) is 1. The Kier molecular flexibility index (Phi) is 3.51. The van der Waals surface area contributed by atoms with Crippen LogP contribution in [0.4, 0.5) is 0 Å². The van der Waals surface area contributed by atoms with Crippen LogP contribution in [0.25, 0.3) is 0 Å². The summed E-state index contributed by atoms with van der Waals surface area (Å²) in [5.41, 5.74) is -1.19. The summed E-state index contributed by atoms with van der Waals surface area (Å²) in [6, 6.07) is 0.139. The maximum atomic E-state index is 12.3. The number of nitrogens with zero attached hydrogens (tertiary/aromatic N) is 1. The number of likely N-dealkylation sites (N-methyl/N-ethyl adjacent to an activating group) is 1. The van der Waals surface area contributed by atoms with Crippen molar-refractivity contribution >= 4 is 0 Å². The van der Waals surface area contributed by atoms with Crippen LogP contribution in [0, 0.1) is 17.3 Å². The first-order valence-corrected chi connectivity index (χ1v) is 10.8. The molecule has 3 unspecified atom stereocenters. The number of aliphatic hydroxyl groups is 1. The highest BCUT2D eigenvalue weighted by atomic mass is 16.7. The van der Waals surface area contributed by atoms with Gasteiger partial charge < -0.3 is 29.0 Å². The van der Waals surface area contributed by atoms with Gasteiger partial charge in [0.2, 0.25) is 5.79 Å². The minimum absolute atomic E-state index is 0.133. The average Bonchev–Trinajstić information content (AvgIpc) is 3.04. The third-order valence-corrected chi connectivity index (χ3v) is 8.72. The van der Waals surface area contributed by atoms with Gasteiger partial charge in [-0.25, -0.2) is 0 Å². The van der Waals surface area contributed by atoms with Gasteiger partial charge in [-0.15, -0.1) is 0 Å². The van der Waals surface area contributed by atoms with Crippen molar-refractivity contribution < 1.29 is 24.1 Å². The molecule has 2 saturated carbocycles. The lowest BCUT2D eigenvalue weighted by atomic mass is 9.43. The van der Waals surface area contributed by atoms with Crippen molar-refractivity contribution in [3.8, 4) is 0 Å². The predicted octanol–water partition coefficient (Wildman–Crippen LogP) is 2.19. The van der Waals surface area contributed by atoms with Crippen LogP contribution < -0.4 is 0 Å². The van der Waals surface area contributed by atoms with Crippen molar-refractivity contribution in [1.82, 2.24) is 4.90 Å². The maximum absolute atomic E-state index is 12.3. The van der Waals surface area contributed by atoms with E-state index in [0.29, 0.717) is 25.4 Å². The lowest BCUT2D eigenvalue weighted by Gasteiger charge is -2.68. The normalized spacial score (nSPS) is 54.5. The number of hydrogen-bond acceptors (Lipinski definition) is 6. The van der Waals surface area contributed by atoms with Crippen LogP contribution in [0.3, 0.4) is 0 Å². The van der Waals surface area contributed by atoms with Gasteiger partial charge >= 0.3 is 0 Å². The second-order valence-electron chi connectivity index (χ2n) is 9.76. The molecule has 0 amide bonds. The quantitative estimate of drug-likeness (QED) is 0.742. The Hall–Kier alpha value is -1.08. The molecule has 5 fully saturated rings. The lowest BCUT2D eigenvalue weighted by Crippen LogP contribution is -2.79. The van der Waals surface area contributed by atoms with E-state index >= 15 is 0 Å². The molecule has 2 bridgehead atoms. The molecule has 6 heteroatoms. The summed E-state index contributed by atoms with van der Waals surface area (Å²) in [7, 11) is 3.86. The Morgan fingerprint density at radius 2 is 2.14 bits per heavy atom. The van der Waals surface area contributed by atoms with Gasteiger partial charge in [-0.3, -0.25) is 0 Å². The predicted molar refractivity (Wildman–Crippen MR) is 101 cm³/mol. The summed E-state index contributed by atoms with van der Waals surface area (Å²) >= 11 is 0. The van der Waals surface area contributed by atoms with Crippen LogP contribution in [0.2, 0.25) is 0 Å². The molecule has 0 radical (unpaired) electrons. The topological polar surface area (TPSA) is 60.4 Å². The monoisotopic (exact) mass is 389 g/mol. The average molecular weight is 389 g/mol. The number of hydrogen-bond donors (Lipinski definition) is 1. The van der Waals surface area contributed by atoms with E-state index in [2.05, 4.69) is 31.0 Å². The molecule has 28 heavy (non-hydrogen) atoms. The summed E-state index contributed by atoms with van der Waals surface area (Å²) in [4.78, 5) is 2.36. The Morgan fingerprint density at radius 3 is 2.93 bits per heavy atom. The molecule has 3 saturated heterocycles. The van der Waals surface area contributed by atoms with Crippen LogP contribution in [-0.2, 0) is 18.9 Å². The number of ether oxygens (including phenoxy) is 4. The first kappa shape index (κ1) is 17.8. The molecule has 0 aromatic carbocycles. The van der Waals surface area contributed by atoms with E-state index in [4.69, 9.17) is 18.9 Å². The first-order valence-electron chi connectivity index (χ1n) is 10.8. The van der Waals surface area contributed by atoms with Gasteiger partial charge in [0.05, 0.1) is 30.8 Å². The highest BCUT2D eigenvalue weighted by Crippen LogP contribution is 2.72. The van der Waals surface area contributed by atoms with Crippen LogP contribution in [0.15, 0.2) is 23.7 Å². The zero-order chi connectivity index (χ0) is 19.3. The zero-order valence-corrected chi connectivity index (χ0v) is 17.0. The van der Waals surface area contributed by atoms with Gasteiger partial charge in [0.1, 0.15) is 5.76 Å². The fraction of sp³-hybridized carbons (Fsp3) is 0.818. The third kappa shape index (κ3) is 1.84. The van der Waals surface area contributed by atoms with Crippen molar-refractivity contribution in [3.63, 3.8) is 0 Å². The molecule has 2 spiro atoms. The highest BCUT2D eigenvalue weighted by molar-refractivity contribution is 5.39. The Bertz CT molecular complexity index is 766. The molecule has 154 valence electrons. The standard InChI is InChI=1S/C22H31NO5/c1-13-6-11-26-22(28-13)8-7-21(24)16-12-14-4-5-15(25-3)18-17(14)20(21,19(22)27-18)9-10-23(16)2/h4-5,13-14,16-17,19,24H,6-12H2,1-3H3/t13-,14?,16-,17?,19-,20+,21?,22-/m1/s1. The van der Waals surface area contributed by atoms with Gasteiger partial charge in [-0.2, -0.15) is 0 Å². The minimum Gasteiger partial charge on any atom is -0.493 e. The molecule has 6 rings (SSSR count). The van der Waals surface area contributed by atoms with E-state index in [0.717, 1.165) is 37.3 Å². The van der Waals surface area contributed by atoms with Gasteiger partial charge in [0.15, 0.2) is 11.9 Å². The molecular weight excluding hydrogens is 358 g/mol. The molecule has 3 aliphatic heterocycles. The van der Waals surface area contributed by atoms with Crippen molar-refractivity contribution in [2.24, 2.45) is 17.3 Å². The molecule has 6 aliphatic rings. The van der Waals surface area contributed by atoms with Crippen LogP contribution in [0.5, 0.6) is 0 Å². The number of methoxy groups -OCH3 is 1. The van der Waals surface area contributed by atoms with E-state index in [1.54, 1.807) is 7.11 Å². The summed E-state index contributed by atoms with van der Waals surface area (Å²) in [5, 5.41) is 12.3. The molecule has 1 N–H and O–H groups in total. The third-order valence-electron chi connectivity index (χ3n) is 8.72. The zero-order valence-electron chi connectivity index (χ0n) is 17.0. The number of rotatable bonds is 1. The Balaban J connectivity index is 1.56. The minimum atomic E-state index is -0.795. The fourth-order valence-electron chi connectivity index (χ4n) is 7.58. The number of fused-ring (bicyclic) bond motifs is 1. The van der Waals surface area contributed by atoms with Crippen molar-refractivity contribution in [1.29, 1.82) is 0 Å². The fourth-order valence-corrected chi connectivity index (χ4v) is 7.58. The number of allylic oxidation sites excluding steroid dienone is 3. The molecule has 8 atom stereocenters. The largest absolute Gasteiger partial charge is 0.493 e. The van der Waals surface area contributed by atoms with E-state index in [-0.39, 0.29) is 24.2 Å². The second-order valence-corrected chi connectivity index (χ2v) is 9.76. The van der Waals surface area contributed by atoms with E-state index in [1.165, 1.54) is 0 Å². The van der Waals surface area contributed by atoms with Crippen LogP contribution in [0.1, 0.15) is 39.0 Å². The van der Waals surface area contributed by atoms with Gasteiger partial charge in [-0.05, 0) is 58.2 Å². The summed E-state index contributed by atoms with van der Waals surface area (Å²) < 4.78 is 25.3. The lowest BCUT2D eigenvalue weighted by molar-refractivity contribution is -0.385. The van der Waals surface area contributed by atoms with Crippen molar-refractivity contribution in [3.05, 3.63) is 23.7 Å². The Morgan fingerprint density at radius 1 is 1.29 bits per heavy atom. The van der Waals surface area contributed by atoms with Crippen molar-refractivity contribution in [2.45, 2.75) is 68.7 Å². The molecule has 3 heterocycles. The molecule has 0 aromatic rings. The molecule has 6 nitrogen and oxygen atoms in total. The van der Waals surface area contributed by atoms with E-state index in [1.807, 2.05) is 0 Å². The Labute approximate surface area is 166 Å². The van der Waals surface area contributed by atoms with Crippen LogP contribution >= 0.6 is 0 Å². The smallest absolute Gasteiger partial charge is 0.206 e. The van der Waals surface area contributed by atoms with E-state index in [9.17, 15) is 5.11 Å². The summed E-state index contributed by atoms with van der Waals surface area (Å²) in [6.07, 6.45) is 8.28. The SMILES string of the molecule is COC1=C2O[C@H]3[C@]4(CCC5(O)[C@H]6CC(C=C1)C2[C@@]35CCN6C)OCC[C@@H](C)O4. The highest BCUT2D eigenvalue weighted by Gasteiger charge is 2.80. The van der Waals surface area contributed by atoms with Gasteiger partial charge in [-0.1, -0.05) is 6.08 Å².